The molecule has 1 heterocycles. The second-order valence-corrected chi connectivity index (χ2v) is 4.32. The van der Waals surface area contributed by atoms with Gasteiger partial charge in [-0.05, 0) is 18.2 Å². The van der Waals surface area contributed by atoms with Crippen LogP contribution in [0.25, 0.3) is 11.3 Å². The Morgan fingerprint density at radius 3 is 2.67 bits per heavy atom. The van der Waals surface area contributed by atoms with E-state index in [-0.39, 0.29) is 11.3 Å². The van der Waals surface area contributed by atoms with Gasteiger partial charge in [-0.2, -0.15) is 0 Å². The SMILES string of the molecule is O=C(O)Cn1c(-c2ccc(F)c(F)c2)csc1=O. The minimum Gasteiger partial charge on any atom is -0.480 e. The third-order valence-corrected chi connectivity index (χ3v) is 3.05. The maximum atomic E-state index is 13.1. The first-order valence-electron chi connectivity index (χ1n) is 4.84. The lowest BCUT2D eigenvalue weighted by Gasteiger charge is -2.05. The van der Waals surface area contributed by atoms with Gasteiger partial charge in [0.1, 0.15) is 6.54 Å². The minimum atomic E-state index is -1.18. The fourth-order valence-electron chi connectivity index (χ4n) is 1.50. The highest BCUT2D eigenvalue weighted by Crippen LogP contribution is 2.22. The molecular weight excluding hydrogens is 264 g/mol. The van der Waals surface area contributed by atoms with Crippen molar-refractivity contribution in [3.63, 3.8) is 0 Å². The molecule has 7 heteroatoms. The second kappa shape index (κ2) is 4.69. The molecule has 0 aliphatic carbocycles. The molecule has 4 nitrogen and oxygen atoms in total. The third kappa shape index (κ3) is 2.30. The number of halogens is 2. The predicted molar refractivity (Wildman–Crippen MR) is 61.6 cm³/mol. The van der Waals surface area contributed by atoms with E-state index in [1.165, 1.54) is 11.4 Å². The van der Waals surface area contributed by atoms with Crippen LogP contribution in [-0.2, 0) is 11.3 Å². The number of rotatable bonds is 3. The van der Waals surface area contributed by atoms with Crippen LogP contribution in [-0.4, -0.2) is 15.6 Å². The van der Waals surface area contributed by atoms with E-state index in [9.17, 15) is 18.4 Å². The molecule has 2 rings (SSSR count). The number of aliphatic carboxylic acids is 1. The number of nitrogens with zero attached hydrogens (tertiary/aromatic N) is 1. The lowest BCUT2D eigenvalue weighted by atomic mass is 10.1. The number of carboxylic acid groups (broad SMARTS) is 1. The van der Waals surface area contributed by atoms with Crippen molar-refractivity contribution in [2.24, 2.45) is 0 Å². The summed E-state index contributed by atoms with van der Waals surface area (Å²) in [5.41, 5.74) is 0.514. The molecule has 0 fully saturated rings. The topological polar surface area (TPSA) is 59.3 Å². The van der Waals surface area contributed by atoms with Gasteiger partial charge in [0.15, 0.2) is 11.6 Å². The van der Waals surface area contributed by atoms with Crippen LogP contribution in [0, 0.1) is 11.6 Å². The van der Waals surface area contributed by atoms with Crippen LogP contribution in [0.4, 0.5) is 8.78 Å². The molecule has 0 unspecified atom stereocenters. The van der Waals surface area contributed by atoms with E-state index in [0.29, 0.717) is 0 Å². The Morgan fingerprint density at radius 2 is 2.06 bits per heavy atom. The molecule has 1 aromatic carbocycles. The van der Waals surface area contributed by atoms with E-state index in [2.05, 4.69) is 0 Å². The fraction of sp³-hybridized carbons (Fsp3) is 0.0909. The first kappa shape index (κ1) is 12.4. The van der Waals surface area contributed by atoms with Crippen LogP contribution in [0.2, 0.25) is 0 Å². The molecule has 2 aromatic rings. The minimum absolute atomic E-state index is 0.256. The molecule has 0 saturated heterocycles. The van der Waals surface area contributed by atoms with Gasteiger partial charge in [0.2, 0.25) is 0 Å². The molecule has 18 heavy (non-hydrogen) atoms. The molecule has 0 aliphatic rings. The van der Waals surface area contributed by atoms with E-state index in [1.54, 1.807) is 0 Å². The fourth-order valence-corrected chi connectivity index (χ4v) is 2.26. The molecule has 0 amide bonds. The number of hydrogen-bond acceptors (Lipinski definition) is 3. The average molecular weight is 271 g/mol. The lowest BCUT2D eigenvalue weighted by molar-refractivity contribution is -0.137. The molecular formula is C11H7F2NO3S. The summed E-state index contributed by atoms with van der Waals surface area (Å²) in [6.07, 6.45) is 0. The number of aromatic nitrogens is 1. The summed E-state index contributed by atoms with van der Waals surface area (Å²) in [6, 6.07) is 3.14. The Kier molecular flexibility index (Phi) is 3.24. The van der Waals surface area contributed by atoms with Gasteiger partial charge in [0.05, 0.1) is 5.69 Å². The molecule has 0 saturated carbocycles. The van der Waals surface area contributed by atoms with E-state index >= 15 is 0 Å². The van der Waals surface area contributed by atoms with Gasteiger partial charge >= 0.3 is 10.8 Å². The zero-order valence-corrected chi connectivity index (χ0v) is 9.71. The van der Waals surface area contributed by atoms with Gasteiger partial charge in [0.25, 0.3) is 0 Å². The predicted octanol–water partition coefficient (Wildman–Crippen LogP) is 1.94. The maximum absolute atomic E-state index is 13.1. The van der Waals surface area contributed by atoms with Crippen molar-refractivity contribution in [1.29, 1.82) is 0 Å². The monoisotopic (exact) mass is 271 g/mol. The summed E-state index contributed by atoms with van der Waals surface area (Å²) < 4.78 is 26.9. The third-order valence-electron chi connectivity index (χ3n) is 2.29. The maximum Gasteiger partial charge on any atom is 0.323 e. The number of benzene rings is 1. The Balaban J connectivity index is 2.53. The number of thiazole rings is 1. The quantitative estimate of drug-likeness (QED) is 0.928. The van der Waals surface area contributed by atoms with Gasteiger partial charge in [-0.15, -0.1) is 0 Å². The van der Waals surface area contributed by atoms with Crippen molar-refractivity contribution in [3.8, 4) is 11.3 Å². The van der Waals surface area contributed by atoms with Gasteiger partial charge in [-0.1, -0.05) is 11.3 Å². The van der Waals surface area contributed by atoms with E-state index < -0.39 is 29.0 Å². The van der Waals surface area contributed by atoms with Crippen molar-refractivity contribution in [3.05, 3.63) is 44.9 Å². The highest BCUT2D eigenvalue weighted by atomic mass is 32.1. The zero-order valence-electron chi connectivity index (χ0n) is 8.89. The smallest absolute Gasteiger partial charge is 0.323 e. The van der Waals surface area contributed by atoms with Crippen molar-refractivity contribution in [2.75, 3.05) is 0 Å². The van der Waals surface area contributed by atoms with Crippen LogP contribution >= 0.6 is 11.3 Å². The lowest BCUT2D eigenvalue weighted by Crippen LogP contribution is -2.19. The molecule has 0 atom stereocenters. The highest BCUT2D eigenvalue weighted by Gasteiger charge is 2.13. The first-order valence-corrected chi connectivity index (χ1v) is 5.72. The summed E-state index contributed by atoms with van der Waals surface area (Å²) in [5, 5.41) is 10.1. The molecule has 0 bridgehead atoms. The van der Waals surface area contributed by atoms with Gasteiger partial charge in [0, 0.05) is 10.9 Å². The molecule has 94 valence electrons. The van der Waals surface area contributed by atoms with Crippen LogP contribution in [0.5, 0.6) is 0 Å². The Bertz CT molecular complexity index is 663. The van der Waals surface area contributed by atoms with Crippen molar-refractivity contribution in [2.45, 2.75) is 6.54 Å². The Hall–Kier alpha value is -2.02. The van der Waals surface area contributed by atoms with E-state index in [4.69, 9.17) is 5.11 Å². The Labute approximate surface area is 104 Å². The van der Waals surface area contributed by atoms with Crippen LogP contribution in [0.15, 0.2) is 28.4 Å². The first-order chi connectivity index (χ1) is 8.49. The van der Waals surface area contributed by atoms with Crippen molar-refractivity contribution in [1.82, 2.24) is 4.57 Å². The molecule has 0 spiro atoms. The Morgan fingerprint density at radius 1 is 1.33 bits per heavy atom. The van der Waals surface area contributed by atoms with Crippen LogP contribution < -0.4 is 4.87 Å². The molecule has 1 aromatic heterocycles. The van der Waals surface area contributed by atoms with Crippen LogP contribution in [0.3, 0.4) is 0 Å². The van der Waals surface area contributed by atoms with Crippen molar-refractivity contribution < 1.29 is 18.7 Å². The summed E-state index contributed by atoms with van der Waals surface area (Å²) in [7, 11) is 0. The van der Waals surface area contributed by atoms with Gasteiger partial charge < -0.3 is 5.11 Å². The zero-order chi connectivity index (χ0) is 13.3. The molecule has 0 aliphatic heterocycles. The van der Waals surface area contributed by atoms with E-state index in [0.717, 1.165) is 28.0 Å². The van der Waals surface area contributed by atoms with Crippen molar-refractivity contribution >= 4 is 17.3 Å². The number of carbonyl (C=O) groups is 1. The normalized spacial score (nSPS) is 10.6. The molecule has 1 N–H and O–H groups in total. The number of carboxylic acids is 1. The molecule has 0 radical (unpaired) electrons. The van der Waals surface area contributed by atoms with Gasteiger partial charge in [-0.3, -0.25) is 14.2 Å². The van der Waals surface area contributed by atoms with E-state index in [1.807, 2.05) is 0 Å². The number of hydrogen-bond donors (Lipinski definition) is 1. The standard InChI is InChI=1S/C11H7F2NO3S/c12-7-2-1-6(3-8(7)13)9-5-18-11(17)14(9)4-10(15)16/h1-3,5H,4H2,(H,15,16). The summed E-state index contributed by atoms with van der Waals surface area (Å²) >= 11 is 0.806. The largest absolute Gasteiger partial charge is 0.480 e. The summed E-state index contributed by atoms with van der Waals surface area (Å²) in [5.74, 6) is -3.23. The average Bonchev–Trinajstić information content (AvgIpc) is 2.64. The summed E-state index contributed by atoms with van der Waals surface area (Å²) in [6.45, 7) is -0.517. The highest BCUT2D eigenvalue weighted by molar-refractivity contribution is 7.07. The second-order valence-electron chi connectivity index (χ2n) is 3.50. The summed E-state index contributed by atoms with van der Waals surface area (Å²) in [4.78, 5) is 21.6. The van der Waals surface area contributed by atoms with Gasteiger partial charge in [-0.25, -0.2) is 8.78 Å². The van der Waals surface area contributed by atoms with Crippen LogP contribution in [0.1, 0.15) is 0 Å².